The van der Waals surface area contributed by atoms with E-state index < -0.39 is 71.0 Å². The highest BCUT2D eigenvalue weighted by Crippen LogP contribution is 2.66. The summed E-state index contributed by atoms with van der Waals surface area (Å²) in [5.41, 5.74) is -1.98. The number of phosphoric acid groups is 3. The summed E-state index contributed by atoms with van der Waals surface area (Å²) in [6.45, 7) is -1.09. The van der Waals surface area contributed by atoms with E-state index in [1.807, 2.05) is 4.98 Å². The lowest BCUT2D eigenvalue weighted by molar-refractivity contribution is -0.0540. The van der Waals surface area contributed by atoms with Gasteiger partial charge in [0.1, 0.15) is 23.5 Å². The number of aliphatic hydroxyl groups is 2. The Morgan fingerprint density at radius 3 is 2.20 bits per heavy atom. The number of ether oxygens (including phenoxy) is 1. The third-order valence-electron chi connectivity index (χ3n) is 3.34. The molecule has 17 nitrogen and oxygen atoms in total. The van der Waals surface area contributed by atoms with Gasteiger partial charge in [-0.05, 0) is 0 Å². The Balaban J connectivity index is 2.11. The fourth-order valence-electron chi connectivity index (χ4n) is 2.26. The first kappa shape index (κ1) is 25.5. The van der Waals surface area contributed by atoms with Crippen LogP contribution >= 0.6 is 35.1 Å². The van der Waals surface area contributed by atoms with Gasteiger partial charge in [-0.2, -0.15) is 8.62 Å². The van der Waals surface area contributed by atoms with E-state index in [-0.39, 0.29) is 0 Å². The molecule has 7 N–H and O–H groups in total. The van der Waals surface area contributed by atoms with E-state index in [0.29, 0.717) is 4.57 Å². The standard InChI is InChI=1S/C9H14ClN2O15P3/c10-4-1-5(13)11-9(16)12(4)8-7(15)6(14)3(25-8)2-24-29(20,21)27-30(22,23)26-28(17,18)19/h1,3,6-8,14-15H,2H2,(H,20,21)(H,22,23)(H,11,13,16)(H2,17,18,19)/t3-,6-,7-,8-/m1/s1. The summed E-state index contributed by atoms with van der Waals surface area (Å²) >= 11 is 5.75. The van der Waals surface area contributed by atoms with Gasteiger partial charge < -0.3 is 34.5 Å². The molecule has 1 fully saturated rings. The fourth-order valence-corrected chi connectivity index (χ4v) is 5.57. The van der Waals surface area contributed by atoms with Crippen LogP contribution in [0.15, 0.2) is 15.7 Å². The maximum absolute atomic E-state index is 11.9. The van der Waals surface area contributed by atoms with Crippen molar-refractivity contribution in [1.29, 1.82) is 0 Å². The highest BCUT2D eigenvalue weighted by atomic mass is 35.5. The molecule has 1 aliphatic rings. The van der Waals surface area contributed by atoms with Crippen molar-refractivity contribution < 1.29 is 61.4 Å². The third kappa shape index (κ3) is 6.63. The Labute approximate surface area is 169 Å². The lowest BCUT2D eigenvalue weighted by Gasteiger charge is -2.19. The van der Waals surface area contributed by atoms with Gasteiger partial charge in [0, 0.05) is 6.07 Å². The first-order valence-corrected chi connectivity index (χ1v) is 12.2. The number of halogens is 1. The van der Waals surface area contributed by atoms with Crippen molar-refractivity contribution in [2.75, 3.05) is 6.61 Å². The largest absolute Gasteiger partial charge is 0.490 e. The Morgan fingerprint density at radius 2 is 1.67 bits per heavy atom. The zero-order valence-corrected chi connectivity index (χ0v) is 17.6. The van der Waals surface area contributed by atoms with Crippen LogP contribution in [0, 0.1) is 0 Å². The molecule has 1 aromatic rings. The molecule has 1 aliphatic heterocycles. The molecule has 0 amide bonds. The molecule has 0 saturated carbocycles. The van der Waals surface area contributed by atoms with E-state index in [1.165, 1.54) is 0 Å². The smallest absolute Gasteiger partial charge is 0.387 e. The van der Waals surface area contributed by atoms with Crippen LogP contribution in [0.2, 0.25) is 5.15 Å². The summed E-state index contributed by atoms with van der Waals surface area (Å²) in [5.74, 6) is 0. The normalized spacial score (nSPS) is 28.8. The maximum Gasteiger partial charge on any atom is 0.490 e. The van der Waals surface area contributed by atoms with E-state index in [2.05, 4.69) is 13.1 Å². The molecular weight excluding hydrogens is 504 g/mol. The van der Waals surface area contributed by atoms with Gasteiger partial charge in [-0.1, -0.05) is 11.6 Å². The van der Waals surface area contributed by atoms with Crippen LogP contribution in [-0.4, -0.2) is 64.3 Å². The number of aliphatic hydroxyl groups excluding tert-OH is 2. The molecule has 0 aliphatic carbocycles. The molecule has 0 radical (unpaired) electrons. The summed E-state index contributed by atoms with van der Waals surface area (Å²) < 4.78 is 50.5. The average molecular weight is 519 g/mol. The molecule has 2 rings (SSSR count). The summed E-state index contributed by atoms with van der Waals surface area (Å²) in [5, 5.41) is 19.5. The molecule has 21 heteroatoms. The monoisotopic (exact) mass is 518 g/mol. The van der Waals surface area contributed by atoms with Crippen molar-refractivity contribution in [3.63, 3.8) is 0 Å². The van der Waals surface area contributed by atoms with Crippen molar-refractivity contribution in [3.8, 4) is 0 Å². The molecule has 0 spiro atoms. The minimum absolute atomic E-state index is 0.478. The van der Waals surface area contributed by atoms with Crippen LogP contribution in [0.3, 0.4) is 0 Å². The van der Waals surface area contributed by atoms with E-state index in [0.717, 1.165) is 6.07 Å². The Morgan fingerprint density at radius 1 is 1.07 bits per heavy atom. The van der Waals surface area contributed by atoms with Crippen LogP contribution in [-0.2, 0) is 31.6 Å². The van der Waals surface area contributed by atoms with Crippen LogP contribution in [0.1, 0.15) is 6.23 Å². The number of aromatic nitrogens is 2. The second kappa shape index (κ2) is 9.02. The lowest BCUT2D eigenvalue weighted by Crippen LogP contribution is -2.38. The van der Waals surface area contributed by atoms with Crippen molar-refractivity contribution in [3.05, 3.63) is 32.1 Å². The SMILES string of the molecule is O=c1cc(Cl)n([C@@H]2O[C@H](COP(=O)(O)OP(=O)(O)OP(=O)(O)O)[C@@H](O)[C@H]2O)c(=O)[nH]1. The van der Waals surface area contributed by atoms with Gasteiger partial charge in [0.15, 0.2) is 6.23 Å². The molecule has 1 saturated heterocycles. The van der Waals surface area contributed by atoms with E-state index >= 15 is 0 Å². The minimum atomic E-state index is -5.75. The van der Waals surface area contributed by atoms with E-state index in [4.69, 9.17) is 31.0 Å². The lowest BCUT2D eigenvalue weighted by atomic mass is 10.1. The molecule has 172 valence electrons. The van der Waals surface area contributed by atoms with Crippen LogP contribution < -0.4 is 11.2 Å². The predicted octanol–water partition coefficient (Wildman–Crippen LogP) is -1.85. The third-order valence-corrected chi connectivity index (χ3v) is 7.43. The molecule has 0 aromatic carbocycles. The number of rotatable bonds is 8. The number of hydrogen-bond donors (Lipinski definition) is 7. The molecule has 1 aromatic heterocycles. The highest BCUT2D eigenvalue weighted by Gasteiger charge is 2.47. The number of nitrogens with one attached hydrogen (secondary N) is 1. The molecular formula is C9H14ClN2O15P3. The number of hydrogen-bond acceptors (Lipinski definition) is 11. The van der Waals surface area contributed by atoms with E-state index in [9.17, 15) is 38.4 Å². The molecule has 2 unspecified atom stereocenters. The topological polar surface area (TPSA) is 264 Å². The predicted molar refractivity (Wildman–Crippen MR) is 92.1 cm³/mol. The number of phosphoric ester groups is 1. The average Bonchev–Trinajstić information content (AvgIpc) is 2.77. The zero-order chi connectivity index (χ0) is 23.1. The second-order valence-corrected chi connectivity index (χ2v) is 10.4. The zero-order valence-electron chi connectivity index (χ0n) is 14.1. The second-order valence-electron chi connectivity index (χ2n) is 5.56. The quantitative estimate of drug-likeness (QED) is 0.147. The summed E-state index contributed by atoms with van der Waals surface area (Å²) in [6, 6.07) is 0.769. The van der Waals surface area contributed by atoms with Crippen molar-refractivity contribution in [2.45, 2.75) is 24.5 Å². The fraction of sp³-hybridized carbons (Fsp3) is 0.556. The first-order chi connectivity index (χ1) is 13.5. The Bertz CT molecular complexity index is 1050. The molecule has 6 atom stereocenters. The number of nitrogens with zero attached hydrogens (tertiary/aromatic N) is 1. The number of aromatic amines is 1. The van der Waals surface area contributed by atoms with Crippen molar-refractivity contribution in [1.82, 2.24) is 9.55 Å². The summed E-state index contributed by atoms with van der Waals surface area (Å²) in [6.07, 6.45) is -7.01. The van der Waals surface area contributed by atoms with Gasteiger partial charge in [0.25, 0.3) is 5.56 Å². The maximum atomic E-state index is 11.9. The van der Waals surface area contributed by atoms with Gasteiger partial charge in [0.05, 0.1) is 6.61 Å². The van der Waals surface area contributed by atoms with Gasteiger partial charge in [-0.15, -0.1) is 0 Å². The van der Waals surface area contributed by atoms with Crippen molar-refractivity contribution in [2.24, 2.45) is 0 Å². The summed E-state index contributed by atoms with van der Waals surface area (Å²) in [7, 11) is -16.8. The van der Waals surface area contributed by atoms with E-state index in [1.54, 1.807) is 0 Å². The molecule has 0 bridgehead atoms. The van der Waals surface area contributed by atoms with Crippen LogP contribution in [0.4, 0.5) is 0 Å². The van der Waals surface area contributed by atoms with Gasteiger partial charge in [-0.3, -0.25) is 18.9 Å². The number of H-pyrrole nitrogens is 1. The minimum Gasteiger partial charge on any atom is -0.387 e. The van der Waals surface area contributed by atoms with Crippen molar-refractivity contribution >= 4 is 35.1 Å². The Hall–Kier alpha value is -0.740. The van der Waals surface area contributed by atoms with Gasteiger partial charge in [-0.25, -0.2) is 18.5 Å². The molecule has 30 heavy (non-hydrogen) atoms. The van der Waals surface area contributed by atoms with Gasteiger partial charge in [0.2, 0.25) is 0 Å². The Kier molecular flexibility index (Phi) is 7.67. The van der Waals surface area contributed by atoms with Crippen LogP contribution in [0.5, 0.6) is 0 Å². The summed E-state index contributed by atoms with van der Waals surface area (Å²) in [4.78, 5) is 60.2. The van der Waals surface area contributed by atoms with Crippen LogP contribution in [0.25, 0.3) is 0 Å². The highest BCUT2D eigenvalue weighted by molar-refractivity contribution is 7.66. The first-order valence-electron chi connectivity index (χ1n) is 7.33. The molecule has 2 heterocycles. The van der Waals surface area contributed by atoms with Gasteiger partial charge >= 0.3 is 29.2 Å².